The Kier molecular flexibility index (Phi) is 7.19. The molecule has 0 saturated heterocycles. The molecular formula is C26H21FN2O4S. The van der Waals surface area contributed by atoms with E-state index in [9.17, 15) is 14.0 Å². The summed E-state index contributed by atoms with van der Waals surface area (Å²) in [4.78, 5) is 26.1. The second kappa shape index (κ2) is 10.6. The molecule has 0 aliphatic rings. The van der Waals surface area contributed by atoms with Gasteiger partial charge in [-0.15, -0.1) is 11.3 Å². The van der Waals surface area contributed by atoms with Gasteiger partial charge in [-0.2, -0.15) is 0 Å². The van der Waals surface area contributed by atoms with Crippen LogP contribution in [0.15, 0.2) is 84.2 Å². The summed E-state index contributed by atoms with van der Waals surface area (Å²) < 4.78 is 23.9. The first-order valence-electron chi connectivity index (χ1n) is 10.3. The number of ether oxygens (including phenoxy) is 2. The lowest BCUT2D eigenvalue weighted by Gasteiger charge is -2.13. The first-order valence-corrected chi connectivity index (χ1v) is 11.2. The number of para-hydroxylation sites is 1. The van der Waals surface area contributed by atoms with Crippen LogP contribution < -0.4 is 20.1 Å². The normalized spacial score (nSPS) is 10.4. The molecule has 0 unspecified atom stereocenters. The molecule has 6 nitrogen and oxygen atoms in total. The Labute approximate surface area is 200 Å². The second-order valence-corrected chi connectivity index (χ2v) is 8.13. The van der Waals surface area contributed by atoms with Gasteiger partial charge in [0.15, 0.2) is 18.1 Å². The predicted molar refractivity (Wildman–Crippen MR) is 131 cm³/mol. The van der Waals surface area contributed by atoms with Gasteiger partial charge in [0.25, 0.3) is 11.8 Å². The number of anilines is 2. The summed E-state index contributed by atoms with van der Waals surface area (Å²) in [7, 11) is 1.45. The zero-order valence-corrected chi connectivity index (χ0v) is 19.0. The van der Waals surface area contributed by atoms with E-state index in [0.29, 0.717) is 28.4 Å². The van der Waals surface area contributed by atoms with Crippen LogP contribution >= 0.6 is 11.3 Å². The highest BCUT2D eigenvalue weighted by Gasteiger charge is 2.15. The third-order valence-corrected chi connectivity index (χ3v) is 5.78. The summed E-state index contributed by atoms with van der Waals surface area (Å²) in [6.07, 6.45) is 0. The van der Waals surface area contributed by atoms with Crippen LogP contribution in [-0.2, 0) is 4.79 Å². The van der Waals surface area contributed by atoms with E-state index in [1.165, 1.54) is 31.4 Å². The molecule has 1 aromatic heterocycles. The van der Waals surface area contributed by atoms with Crippen molar-refractivity contribution in [1.82, 2.24) is 0 Å². The molecule has 0 spiro atoms. The third-order valence-electron chi connectivity index (χ3n) is 4.87. The molecular weight excluding hydrogens is 455 g/mol. The molecule has 0 aliphatic heterocycles. The van der Waals surface area contributed by atoms with Crippen molar-refractivity contribution in [3.05, 3.63) is 95.6 Å². The fourth-order valence-electron chi connectivity index (χ4n) is 3.23. The average Bonchev–Trinajstić information content (AvgIpc) is 3.39. The van der Waals surface area contributed by atoms with Gasteiger partial charge < -0.3 is 20.1 Å². The number of hydrogen-bond acceptors (Lipinski definition) is 5. The number of carbonyl (C=O) groups is 2. The number of thiophene rings is 1. The number of halogens is 1. The van der Waals surface area contributed by atoms with Crippen LogP contribution in [-0.4, -0.2) is 25.5 Å². The van der Waals surface area contributed by atoms with Gasteiger partial charge in [0, 0.05) is 27.4 Å². The predicted octanol–water partition coefficient (Wildman–Crippen LogP) is 5.83. The van der Waals surface area contributed by atoms with Crippen molar-refractivity contribution in [2.75, 3.05) is 24.4 Å². The molecule has 0 radical (unpaired) electrons. The Bertz CT molecular complexity index is 1290. The molecule has 0 aliphatic carbocycles. The molecule has 0 saturated carbocycles. The van der Waals surface area contributed by atoms with Crippen molar-refractivity contribution in [3.63, 3.8) is 0 Å². The molecule has 0 atom stereocenters. The van der Waals surface area contributed by atoms with E-state index in [2.05, 4.69) is 10.6 Å². The number of benzene rings is 3. The lowest BCUT2D eigenvalue weighted by atomic mass is 10.1. The zero-order valence-electron chi connectivity index (χ0n) is 18.2. The van der Waals surface area contributed by atoms with E-state index >= 15 is 0 Å². The summed E-state index contributed by atoms with van der Waals surface area (Å²) in [5.41, 5.74) is 2.47. The first-order chi connectivity index (χ1) is 16.5. The van der Waals surface area contributed by atoms with E-state index in [-0.39, 0.29) is 12.5 Å². The van der Waals surface area contributed by atoms with Gasteiger partial charge in [-0.25, -0.2) is 4.39 Å². The minimum Gasteiger partial charge on any atom is -0.493 e. The van der Waals surface area contributed by atoms with Gasteiger partial charge in [0.1, 0.15) is 5.82 Å². The molecule has 3 aromatic carbocycles. The average molecular weight is 477 g/mol. The quantitative estimate of drug-likeness (QED) is 0.335. The standard InChI is InChI=1S/C26H21FN2O4S/c1-32-23-15-17(26(31)29-21-6-3-2-5-20(21)24-7-4-14-34-24)8-13-22(23)33-16-25(30)28-19-11-9-18(27)10-12-19/h2-15H,16H2,1H3,(H,28,30)(H,29,31). The van der Waals surface area contributed by atoms with E-state index in [4.69, 9.17) is 9.47 Å². The van der Waals surface area contributed by atoms with Gasteiger partial charge in [0.05, 0.1) is 7.11 Å². The van der Waals surface area contributed by atoms with Gasteiger partial charge in [0.2, 0.25) is 0 Å². The number of hydrogen-bond donors (Lipinski definition) is 2. The Hall–Kier alpha value is -4.17. The second-order valence-electron chi connectivity index (χ2n) is 7.19. The Morgan fingerprint density at radius 3 is 2.44 bits per heavy atom. The zero-order chi connectivity index (χ0) is 23.9. The van der Waals surface area contributed by atoms with Crippen molar-refractivity contribution in [2.45, 2.75) is 0 Å². The molecule has 2 N–H and O–H groups in total. The van der Waals surface area contributed by atoms with Gasteiger partial charge >= 0.3 is 0 Å². The Morgan fingerprint density at radius 2 is 1.71 bits per heavy atom. The summed E-state index contributed by atoms with van der Waals surface area (Å²) in [6.45, 7) is -0.284. The molecule has 4 aromatic rings. The summed E-state index contributed by atoms with van der Waals surface area (Å²) >= 11 is 1.59. The maximum atomic E-state index is 13.0. The van der Waals surface area contributed by atoms with Crippen LogP contribution in [0, 0.1) is 5.82 Å². The van der Waals surface area contributed by atoms with E-state index in [0.717, 1.165) is 10.4 Å². The van der Waals surface area contributed by atoms with Crippen molar-refractivity contribution >= 4 is 34.5 Å². The molecule has 0 fully saturated rings. The number of carbonyl (C=O) groups excluding carboxylic acids is 2. The third kappa shape index (κ3) is 5.60. The molecule has 1 heterocycles. The highest BCUT2D eigenvalue weighted by Crippen LogP contribution is 2.32. The maximum Gasteiger partial charge on any atom is 0.262 e. The number of rotatable bonds is 8. The first kappa shape index (κ1) is 23.0. The van der Waals surface area contributed by atoms with Gasteiger partial charge in [-0.05, 0) is 60.0 Å². The summed E-state index contributed by atoms with van der Waals surface area (Å²) in [5.74, 6) is -0.484. The lowest BCUT2D eigenvalue weighted by Crippen LogP contribution is -2.20. The minimum atomic E-state index is -0.416. The van der Waals surface area contributed by atoms with Crippen molar-refractivity contribution in [1.29, 1.82) is 0 Å². The molecule has 0 bridgehead atoms. The van der Waals surface area contributed by atoms with Crippen molar-refractivity contribution in [3.8, 4) is 21.9 Å². The fraction of sp³-hybridized carbons (Fsp3) is 0.0769. The smallest absolute Gasteiger partial charge is 0.262 e. The molecule has 8 heteroatoms. The van der Waals surface area contributed by atoms with Crippen LogP contribution in [0.2, 0.25) is 0 Å². The van der Waals surface area contributed by atoms with E-state index in [1.807, 2.05) is 41.8 Å². The number of nitrogens with one attached hydrogen (secondary N) is 2. The minimum absolute atomic E-state index is 0.284. The molecule has 34 heavy (non-hydrogen) atoms. The van der Waals surface area contributed by atoms with Gasteiger partial charge in [-0.1, -0.05) is 24.3 Å². The van der Waals surface area contributed by atoms with Crippen molar-refractivity contribution in [2.24, 2.45) is 0 Å². The van der Waals surface area contributed by atoms with Crippen LogP contribution in [0.5, 0.6) is 11.5 Å². The monoisotopic (exact) mass is 476 g/mol. The van der Waals surface area contributed by atoms with Crippen LogP contribution in [0.1, 0.15) is 10.4 Å². The summed E-state index contributed by atoms with van der Waals surface area (Å²) in [5, 5.41) is 7.55. The molecule has 172 valence electrons. The summed E-state index contributed by atoms with van der Waals surface area (Å²) in [6, 6.07) is 21.7. The SMILES string of the molecule is COc1cc(C(=O)Nc2ccccc2-c2cccs2)ccc1OCC(=O)Nc1ccc(F)cc1. The highest BCUT2D eigenvalue weighted by molar-refractivity contribution is 7.13. The highest BCUT2D eigenvalue weighted by atomic mass is 32.1. The Morgan fingerprint density at radius 1 is 0.912 bits per heavy atom. The number of methoxy groups -OCH3 is 1. The van der Waals surface area contributed by atoms with E-state index < -0.39 is 11.7 Å². The van der Waals surface area contributed by atoms with Crippen molar-refractivity contribution < 1.29 is 23.5 Å². The van der Waals surface area contributed by atoms with Crippen LogP contribution in [0.3, 0.4) is 0 Å². The Balaban J connectivity index is 1.42. The van der Waals surface area contributed by atoms with Crippen LogP contribution in [0.4, 0.5) is 15.8 Å². The van der Waals surface area contributed by atoms with Gasteiger partial charge in [-0.3, -0.25) is 9.59 Å². The molecule has 4 rings (SSSR count). The fourth-order valence-corrected chi connectivity index (χ4v) is 4.00. The topological polar surface area (TPSA) is 76.7 Å². The van der Waals surface area contributed by atoms with E-state index in [1.54, 1.807) is 29.5 Å². The molecule has 2 amide bonds. The lowest BCUT2D eigenvalue weighted by molar-refractivity contribution is -0.118. The maximum absolute atomic E-state index is 13.0. The van der Waals surface area contributed by atoms with Crippen LogP contribution in [0.25, 0.3) is 10.4 Å². The number of amides is 2. The largest absolute Gasteiger partial charge is 0.493 e.